The number of hydrogen-bond donors (Lipinski definition) is 2. The van der Waals surface area contributed by atoms with E-state index in [0.717, 1.165) is 17.5 Å². The van der Waals surface area contributed by atoms with E-state index >= 15 is 0 Å². The molecule has 124 valence electrons. The molecule has 0 saturated carbocycles. The summed E-state index contributed by atoms with van der Waals surface area (Å²) >= 11 is 5.97. The first-order chi connectivity index (χ1) is 11.6. The summed E-state index contributed by atoms with van der Waals surface area (Å²) in [6.45, 7) is 0. The molecular formula is C19H19ClN2O2. The van der Waals surface area contributed by atoms with Crippen LogP contribution in [-0.4, -0.2) is 17.9 Å². The standard InChI is InChI=1S/C19H19ClN2O2/c20-15-11-9-14(10-12-15)18(13-5-2-1-3-6-13)22-19(24)16-7-4-8-17(23)21-16/h1-3,5-6,9-12,16,18H,4,7-8H2,(H,21,23)(H,22,24)/t16-,18?/m1/s1. The number of carbonyl (C=O) groups excluding carboxylic acids is 2. The summed E-state index contributed by atoms with van der Waals surface area (Å²) in [5, 5.41) is 6.47. The highest BCUT2D eigenvalue weighted by Crippen LogP contribution is 2.24. The minimum Gasteiger partial charge on any atom is -0.344 e. The Labute approximate surface area is 146 Å². The second-order valence-electron chi connectivity index (χ2n) is 5.92. The zero-order valence-corrected chi connectivity index (χ0v) is 13.9. The highest BCUT2D eigenvalue weighted by Gasteiger charge is 2.27. The van der Waals surface area contributed by atoms with Gasteiger partial charge in [0.05, 0.1) is 6.04 Å². The van der Waals surface area contributed by atoms with Crippen LogP contribution in [0.2, 0.25) is 5.02 Å². The molecule has 1 aliphatic heterocycles. The molecule has 0 spiro atoms. The smallest absolute Gasteiger partial charge is 0.243 e. The Morgan fingerprint density at radius 2 is 1.75 bits per heavy atom. The molecule has 1 aliphatic rings. The predicted molar refractivity (Wildman–Crippen MR) is 93.7 cm³/mol. The van der Waals surface area contributed by atoms with Gasteiger partial charge in [0.25, 0.3) is 0 Å². The first kappa shape index (κ1) is 16.5. The molecule has 1 unspecified atom stereocenters. The van der Waals surface area contributed by atoms with E-state index in [2.05, 4.69) is 10.6 Å². The van der Waals surface area contributed by atoms with Crippen molar-refractivity contribution in [1.29, 1.82) is 0 Å². The van der Waals surface area contributed by atoms with Crippen LogP contribution >= 0.6 is 11.6 Å². The van der Waals surface area contributed by atoms with Gasteiger partial charge in [-0.05, 0) is 36.1 Å². The molecule has 1 saturated heterocycles. The summed E-state index contributed by atoms with van der Waals surface area (Å²) in [7, 11) is 0. The zero-order chi connectivity index (χ0) is 16.9. The van der Waals surface area contributed by atoms with Crippen LogP contribution < -0.4 is 10.6 Å². The molecule has 24 heavy (non-hydrogen) atoms. The summed E-state index contributed by atoms with van der Waals surface area (Å²) in [6, 6.07) is 16.4. The lowest BCUT2D eigenvalue weighted by Crippen LogP contribution is -2.49. The van der Waals surface area contributed by atoms with Gasteiger partial charge < -0.3 is 10.6 Å². The monoisotopic (exact) mass is 342 g/mol. The number of nitrogens with one attached hydrogen (secondary N) is 2. The van der Waals surface area contributed by atoms with Crippen LogP contribution in [0.25, 0.3) is 0 Å². The van der Waals surface area contributed by atoms with Crippen molar-refractivity contribution in [2.75, 3.05) is 0 Å². The van der Waals surface area contributed by atoms with Crippen molar-refractivity contribution in [2.45, 2.75) is 31.3 Å². The quantitative estimate of drug-likeness (QED) is 0.896. The zero-order valence-electron chi connectivity index (χ0n) is 13.2. The first-order valence-corrected chi connectivity index (χ1v) is 8.41. The third kappa shape index (κ3) is 3.95. The largest absolute Gasteiger partial charge is 0.344 e. The van der Waals surface area contributed by atoms with E-state index in [0.29, 0.717) is 17.9 Å². The van der Waals surface area contributed by atoms with E-state index in [1.54, 1.807) is 12.1 Å². The van der Waals surface area contributed by atoms with Gasteiger partial charge in [-0.2, -0.15) is 0 Å². The highest BCUT2D eigenvalue weighted by molar-refractivity contribution is 6.30. The van der Waals surface area contributed by atoms with Crippen LogP contribution in [0.3, 0.4) is 0 Å². The minimum atomic E-state index is -0.468. The van der Waals surface area contributed by atoms with Crippen molar-refractivity contribution in [3.8, 4) is 0 Å². The fraction of sp³-hybridized carbons (Fsp3) is 0.263. The molecule has 0 aliphatic carbocycles. The maximum absolute atomic E-state index is 12.6. The Hall–Kier alpha value is -2.33. The van der Waals surface area contributed by atoms with Crippen LogP contribution in [0.4, 0.5) is 0 Å². The van der Waals surface area contributed by atoms with E-state index in [1.165, 1.54) is 0 Å². The Bertz CT molecular complexity index is 716. The maximum atomic E-state index is 12.6. The van der Waals surface area contributed by atoms with Crippen molar-refractivity contribution in [3.63, 3.8) is 0 Å². The van der Waals surface area contributed by atoms with Gasteiger partial charge in [0.15, 0.2) is 0 Å². The van der Waals surface area contributed by atoms with E-state index in [4.69, 9.17) is 11.6 Å². The molecule has 4 nitrogen and oxygen atoms in total. The normalized spacial score (nSPS) is 18.5. The number of halogens is 1. The second-order valence-corrected chi connectivity index (χ2v) is 6.35. The van der Waals surface area contributed by atoms with Gasteiger partial charge in [-0.25, -0.2) is 0 Å². The molecule has 2 amide bonds. The minimum absolute atomic E-state index is 0.0656. The Morgan fingerprint density at radius 3 is 2.42 bits per heavy atom. The molecule has 0 bridgehead atoms. The lowest BCUT2D eigenvalue weighted by molar-refractivity contribution is -0.131. The summed E-state index contributed by atoms with van der Waals surface area (Å²) in [5.74, 6) is -0.226. The molecule has 2 aromatic carbocycles. The van der Waals surface area contributed by atoms with Crippen LogP contribution in [0.15, 0.2) is 54.6 Å². The summed E-state index contributed by atoms with van der Waals surface area (Å²) in [4.78, 5) is 24.2. The van der Waals surface area contributed by atoms with Crippen LogP contribution in [0.5, 0.6) is 0 Å². The van der Waals surface area contributed by atoms with E-state index in [9.17, 15) is 9.59 Å². The van der Waals surface area contributed by atoms with Crippen LogP contribution in [0, 0.1) is 0 Å². The molecule has 0 aromatic heterocycles. The number of carbonyl (C=O) groups is 2. The van der Waals surface area contributed by atoms with Crippen molar-refractivity contribution in [2.24, 2.45) is 0 Å². The molecule has 1 heterocycles. The molecular weight excluding hydrogens is 324 g/mol. The van der Waals surface area contributed by atoms with E-state index < -0.39 is 6.04 Å². The van der Waals surface area contributed by atoms with E-state index in [-0.39, 0.29) is 17.9 Å². The lowest BCUT2D eigenvalue weighted by Gasteiger charge is -2.26. The molecule has 2 atom stereocenters. The third-order valence-corrected chi connectivity index (χ3v) is 4.42. The molecule has 0 radical (unpaired) electrons. The number of benzene rings is 2. The predicted octanol–water partition coefficient (Wildman–Crippen LogP) is 3.21. The topological polar surface area (TPSA) is 58.2 Å². The van der Waals surface area contributed by atoms with Crippen LogP contribution in [-0.2, 0) is 9.59 Å². The van der Waals surface area contributed by atoms with Crippen molar-refractivity contribution >= 4 is 23.4 Å². The maximum Gasteiger partial charge on any atom is 0.243 e. The highest BCUT2D eigenvalue weighted by atomic mass is 35.5. The molecule has 1 fully saturated rings. The van der Waals surface area contributed by atoms with Crippen molar-refractivity contribution in [1.82, 2.24) is 10.6 Å². The van der Waals surface area contributed by atoms with Gasteiger partial charge in [-0.15, -0.1) is 0 Å². The van der Waals surface area contributed by atoms with Crippen molar-refractivity contribution in [3.05, 3.63) is 70.7 Å². The van der Waals surface area contributed by atoms with Gasteiger partial charge in [-0.3, -0.25) is 9.59 Å². The van der Waals surface area contributed by atoms with Gasteiger partial charge in [0, 0.05) is 11.4 Å². The lowest BCUT2D eigenvalue weighted by atomic mass is 9.97. The average molecular weight is 343 g/mol. The SMILES string of the molecule is O=C1CCC[C@H](C(=O)NC(c2ccccc2)c2ccc(Cl)cc2)N1. The molecule has 5 heteroatoms. The van der Waals surface area contributed by atoms with Crippen molar-refractivity contribution < 1.29 is 9.59 Å². The fourth-order valence-corrected chi connectivity index (χ4v) is 3.03. The van der Waals surface area contributed by atoms with Crippen LogP contribution in [0.1, 0.15) is 36.4 Å². The number of piperidine rings is 1. The second kappa shape index (κ2) is 7.49. The summed E-state index contributed by atoms with van der Waals surface area (Å²) in [5.41, 5.74) is 1.93. The van der Waals surface area contributed by atoms with Gasteiger partial charge in [0.1, 0.15) is 6.04 Å². The van der Waals surface area contributed by atoms with Gasteiger partial charge in [0.2, 0.25) is 11.8 Å². The van der Waals surface area contributed by atoms with Gasteiger partial charge >= 0.3 is 0 Å². The Kier molecular flexibility index (Phi) is 5.16. The number of rotatable bonds is 4. The average Bonchev–Trinajstić information content (AvgIpc) is 2.61. The Balaban J connectivity index is 1.83. The van der Waals surface area contributed by atoms with E-state index in [1.807, 2.05) is 42.5 Å². The summed E-state index contributed by atoms with van der Waals surface area (Å²) < 4.78 is 0. The summed E-state index contributed by atoms with van der Waals surface area (Å²) in [6.07, 6.45) is 1.89. The number of amides is 2. The molecule has 2 aromatic rings. The fourth-order valence-electron chi connectivity index (χ4n) is 2.90. The number of hydrogen-bond acceptors (Lipinski definition) is 2. The first-order valence-electron chi connectivity index (χ1n) is 8.03. The molecule has 2 N–H and O–H groups in total. The molecule has 3 rings (SSSR count). The third-order valence-electron chi connectivity index (χ3n) is 4.17. The van der Waals surface area contributed by atoms with Gasteiger partial charge in [-0.1, -0.05) is 54.1 Å². The Morgan fingerprint density at radius 1 is 1.08 bits per heavy atom.